The SMILES string of the molecule is C=CCN1c2ccccc2N(CCCC)C1c1ccc(C)cc1. The third-order valence-electron chi connectivity index (χ3n) is 4.54. The molecule has 120 valence electrons. The lowest BCUT2D eigenvalue weighted by molar-refractivity contribution is 0.606. The van der Waals surface area contributed by atoms with Gasteiger partial charge in [0.15, 0.2) is 0 Å². The quantitative estimate of drug-likeness (QED) is 0.668. The molecule has 1 aliphatic heterocycles. The summed E-state index contributed by atoms with van der Waals surface area (Å²) in [6.07, 6.45) is 4.68. The molecule has 2 heteroatoms. The van der Waals surface area contributed by atoms with E-state index < -0.39 is 0 Å². The molecule has 1 aliphatic rings. The Labute approximate surface area is 140 Å². The number of hydrogen-bond acceptors (Lipinski definition) is 2. The average molecular weight is 306 g/mol. The number of unbranched alkanes of at least 4 members (excludes halogenated alkanes) is 1. The number of para-hydroxylation sites is 2. The van der Waals surface area contributed by atoms with E-state index in [1.165, 1.54) is 35.3 Å². The van der Waals surface area contributed by atoms with Gasteiger partial charge in [-0.25, -0.2) is 0 Å². The fourth-order valence-electron chi connectivity index (χ4n) is 3.39. The number of rotatable bonds is 6. The van der Waals surface area contributed by atoms with Gasteiger partial charge in [0, 0.05) is 13.1 Å². The predicted octanol–water partition coefficient (Wildman–Crippen LogP) is 5.31. The van der Waals surface area contributed by atoms with Gasteiger partial charge in [-0.3, -0.25) is 0 Å². The Balaban J connectivity index is 2.05. The monoisotopic (exact) mass is 306 g/mol. The highest BCUT2D eigenvalue weighted by atomic mass is 15.4. The maximum Gasteiger partial charge on any atom is 0.128 e. The van der Waals surface area contributed by atoms with E-state index in [4.69, 9.17) is 0 Å². The second-order valence-corrected chi connectivity index (χ2v) is 6.26. The molecule has 0 saturated carbocycles. The normalized spacial score (nSPS) is 16.5. The molecule has 0 amide bonds. The van der Waals surface area contributed by atoms with Gasteiger partial charge in [-0.1, -0.05) is 61.4 Å². The van der Waals surface area contributed by atoms with Crippen LogP contribution in [0.3, 0.4) is 0 Å². The number of fused-ring (bicyclic) bond motifs is 1. The Morgan fingerprint density at radius 3 is 2.26 bits per heavy atom. The van der Waals surface area contributed by atoms with Gasteiger partial charge in [0.1, 0.15) is 6.17 Å². The maximum atomic E-state index is 3.97. The molecular weight excluding hydrogens is 280 g/mol. The van der Waals surface area contributed by atoms with Gasteiger partial charge in [-0.15, -0.1) is 6.58 Å². The average Bonchev–Trinajstić information content (AvgIpc) is 2.88. The van der Waals surface area contributed by atoms with Gasteiger partial charge in [-0.2, -0.15) is 0 Å². The minimum absolute atomic E-state index is 0.262. The van der Waals surface area contributed by atoms with E-state index in [0.29, 0.717) is 0 Å². The number of nitrogens with zero attached hydrogens (tertiary/aromatic N) is 2. The molecule has 0 N–H and O–H groups in total. The Bertz CT molecular complexity index is 660. The van der Waals surface area contributed by atoms with Gasteiger partial charge in [0.2, 0.25) is 0 Å². The van der Waals surface area contributed by atoms with Crippen molar-refractivity contribution < 1.29 is 0 Å². The van der Waals surface area contributed by atoms with Crippen LogP contribution in [-0.4, -0.2) is 13.1 Å². The molecule has 0 aromatic heterocycles. The van der Waals surface area contributed by atoms with Crippen LogP contribution in [0.4, 0.5) is 11.4 Å². The van der Waals surface area contributed by atoms with Gasteiger partial charge in [0.05, 0.1) is 11.4 Å². The zero-order chi connectivity index (χ0) is 16.2. The second-order valence-electron chi connectivity index (χ2n) is 6.26. The molecule has 1 unspecified atom stereocenters. The summed E-state index contributed by atoms with van der Waals surface area (Å²) < 4.78 is 0. The molecule has 1 heterocycles. The van der Waals surface area contributed by atoms with Crippen LogP contribution in [0.2, 0.25) is 0 Å². The van der Waals surface area contributed by atoms with Gasteiger partial charge in [-0.05, 0) is 31.0 Å². The van der Waals surface area contributed by atoms with Crippen LogP contribution >= 0.6 is 0 Å². The summed E-state index contributed by atoms with van der Waals surface area (Å²) >= 11 is 0. The Hall–Kier alpha value is -2.22. The number of aryl methyl sites for hydroxylation is 1. The lowest BCUT2D eigenvalue weighted by Gasteiger charge is -2.33. The molecule has 2 aromatic carbocycles. The lowest BCUT2D eigenvalue weighted by Crippen LogP contribution is -2.36. The van der Waals surface area contributed by atoms with Crippen LogP contribution in [0.15, 0.2) is 61.2 Å². The number of benzene rings is 2. The van der Waals surface area contributed by atoms with Crippen LogP contribution in [0, 0.1) is 6.92 Å². The van der Waals surface area contributed by atoms with Crippen LogP contribution in [0.5, 0.6) is 0 Å². The fourth-order valence-corrected chi connectivity index (χ4v) is 3.39. The van der Waals surface area contributed by atoms with Crippen molar-refractivity contribution in [2.75, 3.05) is 22.9 Å². The molecule has 0 aliphatic carbocycles. The molecule has 2 aromatic rings. The first-order valence-electron chi connectivity index (χ1n) is 8.56. The molecule has 0 fully saturated rings. The highest BCUT2D eigenvalue weighted by molar-refractivity contribution is 5.78. The van der Waals surface area contributed by atoms with Crippen molar-refractivity contribution in [3.8, 4) is 0 Å². The second kappa shape index (κ2) is 6.91. The molecule has 0 spiro atoms. The molecule has 3 rings (SSSR count). The van der Waals surface area contributed by atoms with Crippen molar-refractivity contribution in [3.05, 3.63) is 72.3 Å². The maximum absolute atomic E-state index is 3.97. The van der Waals surface area contributed by atoms with E-state index in [0.717, 1.165) is 13.1 Å². The molecule has 0 saturated heterocycles. The molecule has 2 nitrogen and oxygen atoms in total. The first-order chi connectivity index (χ1) is 11.3. The zero-order valence-electron chi connectivity index (χ0n) is 14.2. The molecule has 0 radical (unpaired) electrons. The van der Waals surface area contributed by atoms with E-state index in [-0.39, 0.29) is 6.17 Å². The fraction of sp³-hybridized carbons (Fsp3) is 0.333. The van der Waals surface area contributed by atoms with Crippen molar-refractivity contribution >= 4 is 11.4 Å². The van der Waals surface area contributed by atoms with Crippen molar-refractivity contribution in [3.63, 3.8) is 0 Å². The molecule has 1 atom stereocenters. The van der Waals surface area contributed by atoms with Gasteiger partial charge >= 0.3 is 0 Å². The van der Waals surface area contributed by atoms with Gasteiger partial charge in [0.25, 0.3) is 0 Å². The first-order valence-corrected chi connectivity index (χ1v) is 8.56. The van der Waals surface area contributed by atoms with Gasteiger partial charge < -0.3 is 9.80 Å². The largest absolute Gasteiger partial charge is 0.346 e. The predicted molar refractivity (Wildman–Crippen MR) is 100 cm³/mol. The van der Waals surface area contributed by atoms with Crippen LogP contribution in [0.25, 0.3) is 0 Å². The van der Waals surface area contributed by atoms with E-state index in [9.17, 15) is 0 Å². The third kappa shape index (κ3) is 2.98. The topological polar surface area (TPSA) is 6.48 Å². The summed E-state index contributed by atoms with van der Waals surface area (Å²) in [5, 5.41) is 0. The summed E-state index contributed by atoms with van der Waals surface area (Å²) in [7, 11) is 0. The Kier molecular flexibility index (Phi) is 4.71. The minimum atomic E-state index is 0.262. The lowest BCUT2D eigenvalue weighted by atomic mass is 10.1. The summed E-state index contributed by atoms with van der Waals surface area (Å²) in [4.78, 5) is 5.01. The van der Waals surface area contributed by atoms with Crippen molar-refractivity contribution in [1.82, 2.24) is 0 Å². The zero-order valence-corrected chi connectivity index (χ0v) is 14.2. The smallest absolute Gasteiger partial charge is 0.128 e. The standard InChI is InChI=1S/C21H26N2/c1-4-6-16-23-20-10-8-7-9-19(20)22(15-5-2)21(23)18-13-11-17(3)12-14-18/h5,7-14,21H,2,4,6,15-16H2,1,3H3. The first kappa shape index (κ1) is 15.7. The van der Waals surface area contributed by atoms with Crippen LogP contribution in [-0.2, 0) is 0 Å². The number of anilines is 2. The minimum Gasteiger partial charge on any atom is -0.346 e. The van der Waals surface area contributed by atoms with E-state index in [2.05, 4.69) is 78.8 Å². The van der Waals surface area contributed by atoms with E-state index >= 15 is 0 Å². The van der Waals surface area contributed by atoms with Crippen molar-refractivity contribution in [2.24, 2.45) is 0 Å². The Morgan fingerprint density at radius 1 is 1.00 bits per heavy atom. The van der Waals surface area contributed by atoms with E-state index in [1.54, 1.807) is 0 Å². The third-order valence-corrected chi connectivity index (χ3v) is 4.54. The molecular formula is C21H26N2. The van der Waals surface area contributed by atoms with Crippen LogP contribution < -0.4 is 9.80 Å². The summed E-state index contributed by atoms with van der Waals surface area (Å²) in [5.74, 6) is 0. The summed E-state index contributed by atoms with van der Waals surface area (Å²) in [6, 6.07) is 17.7. The van der Waals surface area contributed by atoms with Crippen LogP contribution in [0.1, 0.15) is 37.1 Å². The highest BCUT2D eigenvalue weighted by Gasteiger charge is 2.35. The highest BCUT2D eigenvalue weighted by Crippen LogP contribution is 2.46. The van der Waals surface area contributed by atoms with Crippen molar-refractivity contribution in [1.29, 1.82) is 0 Å². The van der Waals surface area contributed by atoms with Crippen molar-refractivity contribution in [2.45, 2.75) is 32.9 Å². The number of hydrogen-bond donors (Lipinski definition) is 0. The molecule has 0 bridgehead atoms. The summed E-state index contributed by atoms with van der Waals surface area (Å²) in [5.41, 5.74) is 5.31. The summed E-state index contributed by atoms with van der Waals surface area (Å²) in [6.45, 7) is 10.3. The molecule has 23 heavy (non-hydrogen) atoms. The van der Waals surface area contributed by atoms with E-state index in [1.807, 2.05) is 6.08 Å². The Morgan fingerprint density at radius 2 is 1.65 bits per heavy atom.